The lowest BCUT2D eigenvalue weighted by Crippen LogP contribution is -2.40. The van der Waals surface area contributed by atoms with Crippen LogP contribution in [0.3, 0.4) is 0 Å². The second-order valence-electron chi connectivity index (χ2n) is 6.30. The highest BCUT2D eigenvalue weighted by atomic mass is 35.5. The third-order valence-corrected chi connectivity index (χ3v) is 4.54. The maximum Gasteiger partial charge on any atom is 0.253 e. The third kappa shape index (κ3) is 4.42. The molecule has 0 spiro atoms. The van der Waals surface area contributed by atoms with E-state index in [0.29, 0.717) is 23.4 Å². The van der Waals surface area contributed by atoms with Crippen molar-refractivity contribution in [1.82, 2.24) is 4.90 Å². The number of nitrogen functional groups attached to an aromatic ring is 1. The van der Waals surface area contributed by atoms with Crippen molar-refractivity contribution in [1.29, 1.82) is 0 Å². The van der Waals surface area contributed by atoms with E-state index in [4.69, 9.17) is 5.73 Å². The fourth-order valence-electron chi connectivity index (χ4n) is 3.18. The van der Waals surface area contributed by atoms with Crippen molar-refractivity contribution in [2.75, 3.05) is 18.8 Å². The molecule has 2 aromatic rings. The molecule has 2 aromatic carbocycles. The van der Waals surface area contributed by atoms with Gasteiger partial charge in [-0.05, 0) is 31.0 Å². The summed E-state index contributed by atoms with van der Waals surface area (Å²) in [7, 11) is 0. The van der Waals surface area contributed by atoms with Gasteiger partial charge in [-0.3, -0.25) is 9.59 Å². The van der Waals surface area contributed by atoms with Crippen LogP contribution in [0.4, 0.5) is 18.9 Å². The molecule has 8 heteroatoms. The molecule has 1 amide bonds. The van der Waals surface area contributed by atoms with Gasteiger partial charge in [-0.25, -0.2) is 13.2 Å². The summed E-state index contributed by atoms with van der Waals surface area (Å²) in [6, 6.07) is 7.57. The number of ketones is 1. The van der Waals surface area contributed by atoms with E-state index in [1.165, 1.54) is 0 Å². The number of piperidine rings is 1. The van der Waals surface area contributed by atoms with Crippen molar-refractivity contribution >= 4 is 29.8 Å². The molecule has 0 aromatic heterocycles. The van der Waals surface area contributed by atoms with E-state index in [1.807, 2.05) is 0 Å². The number of benzene rings is 2. The van der Waals surface area contributed by atoms with Gasteiger partial charge < -0.3 is 10.6 Å². The van der Waals surface area contributed by atoms with Crippen molar-refractivity contribution in [3.63, 3.8) is 0 Å². The van der Waals surface area contributed by atoms with Gasteiger partial charge in [0, 0.05) is 42.4 Å². The van der Waals surface area contributed by atoms with Gasteiger partial charge in [-0.1, -0.05) is 6.07 Å². The van der Waals surface area contributed by atoms with Crippen LogP contribution >= 0.6 is 12.4 Å². The Morgan fingerprint density at radius 1 is 1.00 bits per heavy atom. The van der Waals surface area contributed by atoms with E-state index >= 15 is 0 Å². The Kier molecular flexibility index (Phi) is 6.49. The minimum Gasteiger partial charge on any atom is -0.399 e. The number of nitrogens with two attached hydrogens (primary N) is 1. The van der Waals surface area contributed by atoms with Crippen LogP contribution in [0.5, 0.6) is 0 Å². The molecule has 1 aliphatic heterocycles. The monoisotopic (exact) mass is 398 g/mol. The number of nitrogens with zero attached hydrogens (tertiary/aromatic N) is 1. The van der Waals surface area contributed by atoms with Crippen molar-refractivity contribution < 1.29 is 22.8 Å². The minimum absolute atomic E-state index is 0. The van der Waals surface area contributed by atoms with Crippen LogP contribution in [-0.2, 0) is 0 Å². The Labute approximate surface area is 160 Å². The number of amides is 1. The number of hydrogen-bond acceptors (Lipinski definition) is 3. The Balaban J connectivity index is 0.00000261. The molecule has 1 aliphatic rings. The number of carbonyl (C=O) groups is 2. The Morgan fingerprint density at radius 3 is 2.15 bits per heavy atom. The summed E-state index contributed by atoms with van der Waals surface area (Å²) in [5.74, 6) is -5.00. The summed E-state index contributed by atoms with van der Waals surface area (Å²) in [6.07, 6.45) is 0.562. The average Bonchev–Trinajstić information content (AvgIpc) is 2.60. The molecule has 3 rings (SSSR count). The number of hydrogen-bond donors (Lipinski definition) is 1. The SMILES string of the molecule is Cl.Nc1cccc(C(=O)N2CCC(C(=O)c3c(F)cc(F)cc3F)CC2)c1. The highest BCUT2D eigenvalue weighted by Crippen LogP contribution is 2.26. The summed E-state index contributed by atoms with van der Waals surface area (Å²) < 4.78 is 40.6. The number of anilines is 1. The zero-order chi connectivity index (χ0) is 18.8. The first-order chi connectivity index (χ1) is 12.4. The molecular formula is C19H18ClF3N2O2. The van der Waals surface area contributed by atoms with E-state index < -0.39 is 34.7 Å². The van der Waals surface area contributed by atoms with E-state index in [9.17, 15) is 22.8 Å². The normalized spacial score (nSPS) is 14.6. The van der Waals surface area contributed by atoms with E-state index in [1.54, 1.807) is 29.2 Å². The van der Waals surface area contributed by atoms with E-state index in [-0.39, 0.29) is 44.2 Å². The molecule has 2 N–H and O–H groups in total. The molecule has 0 saturated carbocycles. The number of carbonyl (C=O) groups excluding carboxylic acids is 2. The van der Waals surface area contributed by atoms with Crippen molar-refractivity contribution in [3.8, 4) is 0 Å². The number of likely N-dealkylation sites (tertiary alicyclic amines) is 1. The van der Waals surface area contributed by atoms with Gasteiger partial charge in [0.05, 0.1) is 5.56 Å². The zero-order valence-electron chi connectivity index (χ0n) is 14.3. The molecule has 0 radical (unpaired) electrons. The van der Waals surface area contributed by atoms with Crippen LogP contribution in [0.15, 0.2) is 36.4 Å². The largest absolute Gasteiger partial charge is 0.399 e. The Bertz CT molecular complexity index is 845. The summed E-state index contributed by atoms with van der Waals surface area (Å²) >= 11 is 0. The Hall–Kier alpha value is -2.54. The van der Waals surface area contributed by atoms with Gasteiger partial charge in [-0.2, -0.15) is 0 Å². The highest BCUT2D eigenvalue weighted by Gasteiger charge is 2.31. The lowest BCUT2D eigenvalue weighted by molar-refractivity contribution is 0.0647. The number of halogens is 4. The first-order valence-corrected chi connectivity index (χ1v) is 8.20. The second kappa shape index (κ2) is 8.43. The quantitative estimate of drug-likeness (QED) is 0.631. The van der Waals surface area contributed by atoms with Gasteiger partial charge in [0.25, 0.3) is 5.91 Å². The lowest BCUT2D eigenvalue weighted by atomic mass is 9.88. The summed E-state index contributed by atoms with van der Waals surface area (Å²) in [4.78, 5) is 26.5. The molecule has 1 heterocycles. The van der Waals surface area contributed by atoms with Crippen molar-refractivity contribution in [2.24, 2.45) is 5.92 Å². The minimum atomic E-state index is -1.20. The van der Waals surface area contributed by atoms with Crippen LogP contribution in [0, 0.1) is 23.4 Å². The first-order valence-electron chi connectivity index (χ1n) is 8.20. The van der Waals surface area contributed by atoms with Gasteiger partial charge in [0.1, 0.15) is 17.5 Å². The molecule has 144 valence electrons. The predicted molar refractivity (Wildman–Crippen MR) is 97.4 cm³/mol. The van der Waals surface area contributed by atoms with Crippen LogP contribution < -0.4 is 5.73 Å². The summed E-state index contributed by atoms with van der Waals surface area (Å²) in [5.41, 5.74) is 5.89. The molecule has 0 aliphatic carbocycles. The Morgan fingerprint density at radius 2 is 1.59 bits per heavy atom. The van der Waals surface area contributed by atoms with Crippen LogP contribution in [0.1, 0.15) is 33.6 Å². The second-order valence-corrected chi connectivity index (χ2v) is 6.30. The molecular weight excluding hydrogens is 381 g/mol. The molecule has 0 unspecified atom stereocenters. The molecule has 0 atom stereocenters. The fourth-order valence-corrected chi connectivity index (χ4v) is 3.18. The van der Waals surface area contributed by atoms with E-state index in [2.05, 4.69) is 0 Å². The summed E-state index contributed by atoms with van der Waals surface area (Å²) in [5, 5.41) is 0. The summed E-state index contributed by atoms with van der Waals surface area (Å²) in [6.45, 7) is 0.572. The third-order valence-electron chi connectivity index (χ3n) is 4.54. The van der Waals surface area contributed by atoms with Crippen LogP contribution in [0.25, 0.3) is 0 Å². The van der Waals surface area contributed by atoms with E-state index in [0.717, 1.165) is 0 Å². The molecule has 0 bridgehead atoms. The fraction of sp³-hybridized carbons (Fsp3) is 0.263. The number of rotatable bonds is 3. The predicted octanol–water partition coefficient (Wildman–Crippen LogP) is 3.84. The van der Waals surface area contributed by atoms with Gasteiger partial charge >= 0.3 is 0 Å². The maximum absolute atomic E-state index is 13.8. The van der Waals surface area contributed by atoms with Gasteiger partial charge in [0.15, 0.2) is 5.78 Å². The maximum atomic E-state index is 13.8. The molecule has 1 saturated heterocycles. The van der Waals surface area contributed by atoms with Crippen LogP contribution in [0.2, 0.25) is 0 Å². The zero-order valence-corrected chi connectivity index (χ0v) is 15.1. The first kappa shape index (κ1) is 20.8. The smallest absolute Gasteiger partial charge is 0.253 e. The lowest BCUT2D eigenvalue weighted by Gasteiger charge is -2.31. The number of Topliss-reactive ketones (excluding diaryl/α,β-unsaturated/α-hetero) is 1. The van der Waals surface area contributed by atoms with Crippen molar-refractivity contribution in [2.45, 2.75) is 12.8 Å². The van der Waals surface area contributed by atoms with Gasteiger partial charge in [-0.15, -0.1) is 12.4 Å². The highest BCUT2D eigenvalue weighted by molar-refractivity contribution is 5.99. The average molecular weight is 399 g/mol. The molecule has 27 heavy (non-hydrogen) atoms. The molecule has 4 nitrogen and oxygen atoms in total. The van der Waals surface area contributed by atoms with Gasteiger partial charge in [0.2, 0.25) is 0 Å². The molecule has 1 fully saturated rings. The standard InChI is InChI=1S/C19H17F3N2O2.ClH/c20-13-9-15(21)17(16(22)10-13)18(25)11-4-6-24(7-5-11)19(26)12-2-1-3-14(23)8-12;/h1-3,8-11H,4-7,23H2;1H. The van der Waals surface area contributed by atoms with Crippen molar-refractivity contribution in [3.05, 3.63) is 65.0 Å². The topological polar surface area (TPSA) is 63.4 Å². The van der Waals surface area contributed by atoms with Crippen LogP contribution in [-0.4, -0.2) is 29.7 Å².